The lowest BCUT2D eigenvalue weighted by Gasteiger charge is -2.62. The van der Waals surface area contributed by atoms with Crippen molar-refractivity contribution in [2.24, 2.45) is 5.92 Å². The number of ether oxygens (including phenoxy) is 1. The van der Waals surface area contributed by atoms with Crippen LogP contribution in [0, 0.1) is 5.92 Å². The number of benzene rings is 1. The molecule has 6 rings (SSSR count). The third-order valence-electron chi connectivity index (χ3n) is 7.56. The minimum atomic E-state index is -5.17. The van der Waals surface area contributed by atoms with E-state index in [0.29, 0.717) is 18.6 Å². The zero-order valence-corrected chi connectivity index (χ0v) is 17.1. The van der Waals surface area contributed by atoms with E-state index in [9.17, 15) is 15.0 Å². The van der Waals surface area contributed by atoms with Gasteiger partial charge in [0.2, 0.25) is 0 Å². The molecule has 2 heterocycles. The first kappa shape index (κ1) is 20.2. The van der Waals surface area contributed by atoms with Gasteiger partial charge in [-0.15, -0.1) is 0 Å². The third-order valence-corrected chi connectivity index (χ3v) is 7.56. The second-order valence-electron chi connectivity index (χ2n) is 9.12. The number of hydrogen-bond acceptors (Lipinski definition) is 9. The summed E-state index contributed by atoms with van der Waals surface area (Å²) in [7, 11) is -5.17. The number of ketones is 1. The number of carbonyl (C=O) groups is 1. The Kier molecular flexibility index (Phi) is 4.31. The van der Waals surface area contributed by atoms with Gasteiger partial charge >= 0.3 is 0 Å². The van der Waals surface area contributed by atoms with Crippen LogP contribution in [0.3, 0.4) is 0 Å². The lowest BCUT2D eigenvalue weighted by atomic mass is 9.49. The Morgan fingerprint density at radius 2 is 1.93 bits per heavy atom. The van der Waals surface area contributed by atoms with Gasteiger partial charge in [0.25, 0.3) is 0 Å². The Morgan fingerprint density at radius 3 is 2.60 bits per heavy atom. The second-order valence-corrected chi connectivity index (χ2v) is 9.94. The van der Waals surface area contributed by atoms with Crippen LogP contribution in [0.4, 0.5) is 0 Å². The molecule has 1 spiro atoms. The number of hydrogen-bond donors (Lipinski definition) is 2. The van der Waals surface area contributed by atoms with E-state index in [1.807, 2.05) is 6.07 Å². The number of rotatable bonds is 2. The highest BCUT2D eigenvalue weighted by molar-refractivity contribution is 7.79. The van der Waals surface area contributed by atoms with Gasteiger partial charge in [-0.3, -0.25) is 18.1 Å². The maximum Gasteiger partial charge on any atom is 0.174 e. The molecule has 0 radical (unpaired) electrons. The fourth-order valence-corrected chi connectivity index (χ4v) is 6.26. The summed E-state index contributed by atoms with van der Waals surface area (Å²) < 4.78 is 40.1. The number of likely N-dealkylation sites (tertiary alicyclic amines) is 1. The summed E-state index contributed by atoms with van der Waals surface area (Å²) >= 11 is 0. The second kappa shape index (κ2) is 6.39. The lowest BCUT2D eigenvalue weighted by molar-refractivity contribution is -0.188. The maximum atomic E-state index is 12.7. The number of aliphatic hydroxyl groups is 1. The van der Waals surface area contributed by atoms with E-state index in [4.69, 9.17) is 22.3 Å². The molecule has 164 valence electrons. The zero-order valence-electron chi connectivity index (χ0n) is 16.2. The van der Waals surface area contributed by atoms with Crippen molar-refractivity contribution in [1.29, 1.82) is 0 Å². The molecule has 0 unspecified atom stereocenters. The van der Waals surface area contributed by atoms with Gasteiger partial charge in [-0.05, 0) is 56.2 Å². The number of phenols is 1. The average Bonchev–Trinajstić information content (AvgIpc) is 3.38. The predicted molar refractivity (Wildman–Crippen MR) is 100 cm³/mol. The van der Waals surface area contributed by atoms with Gasteiger partial charge in [-0.2, -0.15) is 0 Å². The molecule has 3 fully saturated rings. The number of piperidine rings is 1. The lowest BCUT2D eigenvalue weighted by Crippen LogP contribution is -2.76. The van der Waals surface area contributed by atoms with E-state index in [1.54, 1.807) is 6.07 Å². The molecule has 10 heteroatoms. The molecular formula is C20H23NO8S-2. The number of nitrogens with zero attached hydrogens (tertiary/aromatic N) is 1. The van der Waals surface area contributed by atoms with Gasteiger partial charge < -0.3 is 24.1 Å². The van der Waals surface area contributed by atoms with Crippen LogP contribution in [0.25, 0.3) is 0 Å². The Balaban J connectivity index is 0.000000349. The van der Waals surface area contributed by atoms with Crippen LogP contribution in [0.5, 0.6) is 11.5 Å². The summed E-state index contributed by atoms with van der Waals surface area (Å²) in [6.07, 6.45) is 4.33. The van der Waals surface area contributed by atoms with Crippen molar-refractivity contribution in [2.75, 3.05) is 13.1 Å². The summed E-state index contributed by atoms with van der Waals surface area (Å²) in [5.41, 5.74) is 0.454. The van der Waals surface area contributed by atoms with Crippen LogP contribution in [0.15, 0.2) is 12.1 Å². The summed E-state index contributed by atoms with van der Waals surface area (Å²) in [6, 6.07) is 3.69. The van der Waals surface area contributed by atoms with E-state index in [-0.39, 0.29) is 17.6 Å². The van der Waals surface area contributed by atoms with Crippen molar-refractivity contribution in [3.63, 3.8) is 0 Å². The molecule has 4 atom stereocenters. The highest BCUT2D eigenvalue weighted by Gasteiger charge is 2.73. The van der Waals surface area contributed by atoms with Crippen LogP contribution in [-0.4, -0.2) is 69.3 Å². The first-order chi connectivity index (χ1) is 14.0. The van der Waals surface area contributed by atoms with Gasteiger partial charge in [0, 0.05) is 35.0 Å². The maximum absolute atomic E-state index is 12.7. The fraction of sp³-hybridized carbons (Fsp3) is 0.650. The molecule has 3 aliphatic carbocycles. The van der Waals surface area contributed by atoms with Gasteiger partial charge in [-0.1, -0.05) is 6.07 Å². The van der Waals surface area contributed by atoms with Gasteiger partial charge in [-0.25, -0.2) is 0 Å². The highest BCUT2D eigenvalue weighted by Crippen LogP contribution is 2.64. The molecule has 2 N–H and O–H groups in total. The van der Waals surface area contributed by atoms with Crippen molar-refractivity contribution in [2.45, 2.75) is 61.7 Å². The number of Topliss-reactive ketones (excluding diaryl/α,β-unsaturated/α-hetero) is 1. The SMILES string of the molecule is O=C1CC[C@@]2(O)[C@H]3Cc4ccc(O)c5c4[C@@]2(CCN3CC2CC2)[C@H]1O5.O=S(=O)([O-])[O-]. The fourth-order valence-electron chi connectivity index (χ4n) is 6.26. The third kappa shape index (κ3) is 2.81. The molecule has 1 aromatic carbocycles. The molecule has 1 aromatic rings. The van der Waals surface area contributed by atoms with Crippen molar-refractivity contribution in [3.8, 4) is 11.5 Å². The first-order valence-electron chi connectivity index (χ1n) is 10.2. The Morgan fingerprint density at radius 1 is 1.23 bits per heavy atom. The molecule has 2 aliphatic heterocycles. The van der Waals surface area contributed by atoms with E-state index < -0.39 is 27.5 Å². The summed E-state index contributed by atoms with van der Waals surface area (Å²) in [6.45, 7) is 1.95. The van der Waals surface area contributed by atoms with Crippen LogP contribution < -0.4 is 4.74 Å². The number of phenolic OH excluding ortho intramolecular Hbond substituents is 1. The normalized spacial score (nSPS) is 36.4. The Bertz CT molecular complexity index is 1010. The van der Waals surface area contributed by atoms with Crippen molar-refractivity contribution in [3.05, 3.63) is 23.3 Å². The van der Waals surface area contributed by atoms with Crippen LogP contribution >= 0.6 is 0 Å². The van der Waals surface area contributed by atoms with E-state index >= 15 is 0 Å². The van der Waals surface area contributed by atoms with Crippen molar-refractivity contribution < 1.29 is 37.3 Å². The van der Waals surface area contributed by atoms with Gasteiger partial charge in [0.15, 0.2) is 23.4 Å². The summed E-state index contributed by atoms with van der Waals surface area (Å²) in [5, 5.41) is 22.3. The first-order valence-corrected chi connectivity index (χ1v) is 11.6. The van der Waals surface area contributed by atoms with Crippen LogP contribution in [0.1, 0.15) is 43.2 Å². The molecule has 2 saturated carbocycles. The van der Waals surface area contributed by atoms with E-state index in [1.165, 1.54) is 12.8 Å². The molecule has 30 heavy (non-hydrogen) atoms. The van der Waals surface area contributed by atoms with E-state index in [0.717, 1.165) is 43.0 Å². The quantitative estimate of drug-likeness (QED) is 0.488. The van der Waals surface area contributed by atoms with Crippen molar-refractivity contribution in [1.82, 2.24) is 4.90 Å². The zero-order chi connectivity index (χ0) is 21.5. The average molecular weight is 437 g/mol. The highest BCUT2D eigenvalue weighted by atomic mass is 32.3. The minimum Gasteiger partial charge on any atom is -0.759 e. The molecule has 2 bridgehead atoms. The van der Waals surface area contributed by atoms with Gasteiger partial charge in [0.05, 0.1) is 11.0 Å². The molecule has 0 amide bonds. The topological polar surface area (TPSA) is 150 Å². The van der Waals surface area contributed by atoms with Gasteiger partial charge in [0.1, 0.15) is 0 Å². The standard InChI is InChI=1S/C20H23NO4.H2O4S/c22-13-4-3-12-9-15-20(24)6-5-14(23)18-19(20,16(12)17(13)25-18)7-8-21(15)10-11-1-2-11;1-5(2,3)4/h3-4,11,15,18,22,24H,1-2,5-10H2;(H2,1,2,3,4)/p-2/t15-,18+,19+,20-;/m1./s1. The van der Waals surface area contributed by atoms with Crippen molar-refractivity contribution >= 4 is 16.2 Å². The Labute approximate surface area is 174 Å². The molecule has 1 saturated heterocycles. The smallest absolute Gasteiger partial charge is 0.174 e. The molecular weight excluding hydrogens is 414 g/mol. The minimum absolute atomic E-state index is 0.0454. The number of carbonyl (C=O) groups excluding carboxylic acids is 1. The summed E-state index contributed by atoms with van der Waals surface area (Å²) in [4.78, 5) is 15.2. The number of aromatic hydroxyl groups is 1. The molecule has 9 nitrogen and oxygen atoms in total. The van der Waals surface area contributed by atoms with Crippen LogP contribution in [0.2, 0.25) is 0 Å². The largest absolute Gasteiger partial charge is 0.759 e. The molecule has 5 aliphatic rings. The Hall–Kier alpha value is -1.72. The van der Waals surface area contributed by atoms with Crippen LogP contribution in [-0.2, 0) is 27.0 Å². The summed E-state index contributed by atoms with van der Waals surface area (Å²) in [5.74, 6) is 1.39. The predicted octanol–water partition coefficient (Wildman–Crippen LogP) is 0.187. The molecule has 0 aromatic heterocycles. The van der Waals surface area contributed by atoms with E-state index in [2.05, 4.69) is 4.90 Å². The monoisotopic (exact) mass is 437 g/mol.